The second-order valence-corrected chi connectivity index (χ2v) is 6.80. The molecule has 2 aliphatic rings. The van der Waals surface area contributed by atoms with E-state index in [2.05, 4.69) is 24.5 Å². The summed E-state index contributed by atoms with van der Waals surface area (Å²) in [6, 6.07) is 0. The summed E-state index contributed by atoms with van der Waals surface area (Å²) >= 11 is 0. The quantitative estimate of drug-likeness (QED) is 0.729. The molecular formula is C15H30N2O. The van der Waals surface area contributed by atoms with Gasteiger partial charge in [0.05, 0.1) is 6.61 Å². The lowest BCUT2D eigenvalue weighted by atomic mass is 9.79. The molecule has 18 heavy (non-hydrogen) atoms. The lowest BCUT2D eigenvalue weighted by molar-refractivity contribution is 0.0521. The highest BCUT2D eigenvalue weighted by molar-refractivity contribution is 4.98. The number of hydrogen-bond acceptors (Lipinski definition) is 3. The Labute approximate surface area is 112 Å². The Balaban J connectivity index is 1.79. The van der Waals surface area contributed by atoms with Gasteiger partial charge in [-0.3, -0.25) is 0 Å². The standard InChI is InChI=1S/C15H30N2O/c1-13(2)15(4-5-15)11-17-10-14(12-18-3)6-8-16-9-7-14/h13,16-17H,4-12H2,1-3H3. The maximum Gasteiger partial charge on any atom is 0.0531 e. The fraction of sp³-hybridized carbons (Fsp3) is 1.00. The topological polar surface area (TPSA) is 33.3 Å². The highest BCUT2D eigenvalue weighted by atomic mass is 16.5. The first-order chi connectivity index (χ1) is 8.63. The molecule has 0 aromatic rings. The van der Waals surface area contributed by atoms with Crippen molar-refractivity contribution in [1.82, 2.24) is 10.6 Å². The second kappa shape index (κ2) is 5.89. The number of hydrogen-bond donors (Lipinski definition) is 2. The highest BCUT2D eigenvalue weighted by Crippen LogP contribution is 2.51. The van der Waals surface area contributed by atoms with Crippen molar-refractivity contribution in [2.75, 3.05) is 39.9 Å². The maximum atomic E-state index is 5.46. The van der Waals surface area contributed by atoms with Gasteiger partial charge in [-0.25, -0.2) is 0 Å². The lowest BCUT2D eigenvalue weighted by Gasteiger charge is -2.38. The zero-order chi connectivity index (χ0) is 13.1. The Kier molecular flexibility index (Phi) is 4.68. The van der Waals surface area contributed by atoms with Gasteiger partial charge in [0, 0.05) is 25.6 Å². The Morgan fingerprint density at radius 1 is 1.11 bits per heavy atom. The predicted octanol–water partition coefficient (Wildman–Crippen LogP) is 2.03. The number of piperidine rings is 1. The normalized spacial score (nSPS) is 25.3. The van der Waals surface area contributed by atoms with Crippen LogP contribution >= 0.6 is 0 Å². The van der Waals surface area contributed by atoms with Crippen LogP contribution in [0, 0.1) is 16.7 Å². The van der Waals surface area contributed by atoms with Crippen LogP contribution in [0.25, 0.3) is 0 Å². The summed E-state index contributed by atoms with van der Waals surface area (Å²) in [5.41, 5.74) is 0.980. The minimum atomic E-state index is 0.368. The third-order valence-electron chi connectivity index (χ3n) is 5.21. The van der Waals surface area contributed by atoms with Gasteiger partial charge in [-0.05, 0) is 50.1 Å². The molecule has 0 spiro atoms. The van der Waals surface area contributed by atoms with E-state index in [1.54, 1.807) is 0 Å². The Morgan fingerprint density at radius 2 is 1.78 bits per heavy atom. The van der Waals surface area contributed by atoms with Crippen LogP contribution < -0.4 is 10.6 Å². The fourth-order valence-corrected chi connectivity index (χ4v) is 3.33. The van der Waals surface area contributed by atoms with E-state index in [4.69, 9.17) is 4.74 Å². The van der Waals surface area contributed by atoms with Crippen molar-refractivity contribution in [1.29, 1.82) is 0 Å². The Hall–Kier alpha value is -0.120. The molecule has 1 saturated carbocycles. The monoisotopic (exact) mass is 254 g/mol. The molecule has 0 amide bonds. The van der Waals surface area contributed by atoms with Gasteiger partial charge < -0.3 is 15.4 Å². The number of methoxy groups -OCH3 is 1. The fourth-order valence-electron chi connectivity index (χ4n) is 3.33. The first-order valence-corrected chi connectivity index (χ1v) is 7.53. The molecule has 1 aliphatic carbocycles. The third kappa shape index (κ3) is 3.25. The van der Waals surface area contributed by atoms with E-state index >= 15 is 0 Å². The molecule has 0 unspecified atom stereocenters. The van der Waals surface area contributed by atoms with Crippen LogP contribution in [0.5, 0.6) is 0 Å². The van der Waals surface area contributed by atoms with Crippen LogP contribution in [-0.2, 0) is 4.74 Å². The molecule has 0 bridgehead atoms. The van der Waals surface area contributed by atoms with Crippen molar-refractivity contribution in [3.05, 3.63) is 0 Å². The molecule has 1 saturated heterocycles. The van der Waals surface area contributed by atoms with Crippen LogP contribution in [0.2, 0.25) is 0 Å². The SMILES string of the molecule is COCC1(CNCC2(C(C)C)CC2)CCNCC1. The summed E-state index contributed by atoms with van der Waals surface area (Å²) in [5.74, 6) is 0.816. The summed E-state index contributed by atoms with van der Waals surface area (Å²) in [6.07, 6.45) is 5.30. The van der Waals surface area contributed by atoms with E-state index in [0.29, 0.717) is 10.8 Å². The van der Waals surface area contributed by atoms with Crippen LogP contribution in [0.15, 0.2) is 0 Å². The van der Waals surface area contributed by atoms with Crippen molar-refractivity contribution in [3.63, 3.8) is 0 Å². The van der Waals surface area contributed by atoms with Crippen LogP contribution in [0.3, 0.4) is 0 Å². The van der Waals surface area contributed by atoms with E-state index in [1.165, 1.54) is 32.2 Å². The first kappa shape index (κ1) is 14.3. The number of ether oxygens (including phenoxy) is 1. The molecule has 0 aromatic heterocycles. The van der Waals surface area contributed by atoms with Crippen molar-refractivity contribution in [3.8, 4) is 0 Å². The van der Waals surface area contributed by atoms with Gasteiger partial charge in [0.25, 0.3) is 0 Å². The van der Waals surface area contributed by atoms with Crippen molar-refractivity contribution in [2.24, 2.45) is 16.7 Å². The van der Waals surface area contributed by atoms with Crippen molar-refractivity contribution in [2.45, 2.75) is 39.5 Å². The molecule has 3 heteroatoms. The minimum absolute atomic E-state index is 0.368. The molecule has 106 valence electrons. The summed E-state index contributed by atoms with van der Waals surface area (Å²) in [4.78, 5) is 0. The van der Waals surface area contributed by atoms with Crippen molar-refractivity contribution >= 4 is 0 Å². The molecule has 0 atom stereocenters. The third-order valence-corrected chi connectivity index (χ3v) is 5.21. The largest absolute Gasteiger partial charge is 0.384 e. The molecule has 2 N–H and O–H groups in total. The molecule has 1 heterocycles. The lowest BCUT2D eigenvalue weighted by Crippen LogP contribution is -2.47. The van der Waals surface area contributed by atoms with Gasteiger partial charge in [-0.1, -0.05) is 13.8 Å². The summed E-state index contributed by atoms with van der Waals surface area (Å²) < 4.78 is 5.46. The minimum Gasteiger partial charge on any atom is -0.384 e. The Bertz CT molecular complexity index is 250. The van der Waals surface area contributed by atoms with Crippen LogP contribution in [-0.4, -0.2) is 39.9 Å². The first-order valence-electron chi connectivity index (χ1n) is 7.53. The molecule has 0 radical (unpaired) electrons. The van der Waals surface area contributed by atoms with Gasteiger partial charge in [0.2, 0.25) is 0 Å². The number of nitrogens with one attached hydrogen (secondary N) is 2. The van der Waals surface area contributed by atoms with Gasteiger partial charge in [0.15, 0.2) is 0 Å². The molecule has 2 fully saturated rings. The zero-order valence-corrected chi connectivity index (χ0v) is 12.3. The van der Waals surface area contributed by atoms with Gasteiger partial charge in [-0.15, -0.1) is 0 Å². The van der Waals surface area contributed by atoms with E-state index in [-0.39, 0.29) is 0 Å². The van der Waals surface area contributed by atoms with E-state index in [1.807, 2.05) is 7.11 Å². The summed E-state index contributed by atoms with van der Waals surface area (Å²) in [7, 11) is 1.83. The van der Waals surface area contributed by atoms with Crippen LogP contribution in [0.4, 0.5) is 0 Å². The van der Waals surface area contributed by atoms with Gasteiger partial charge >= 0.3 is 0 Å². The molecule has 1 aliphatic heterocycles. The average Bonchev–Trinajstić information content (AvgIpc) is 3.12. The van der Waals surface area contributed by atoms with E-state index < -0.39 is 0 Å². The molecular weight excluding hydrogens is 224 g/mol. The average molecular weight is 254 g/mol. The second-order valence-electron chi connectivity index (χ2n) is 6.80. The molecule has 0 aromatic carbocycles. The van der Waals surface area contributed by atoms with Gasteiger partial charge in [0.1, 0.15) is 0 Å². The van der Waals surface area contributed by atoms with E-state index in [0.717, 1.165) is 32.2 Å². The molecule has 3 nitrogen and oxygen atoms in total. The highest BCUT2D eigenvalue weighted by Gasteiger charge is 2.45. The zero-order valence-electron chi connectivity index (χ0n) is 12.3. The summed E-state index contributed by atoms with van der Waals surface area (Å²) in [6.45, 7) is 10.2. The van der Waals surface area contributed by atoms with Crippen molar-refractivity contribution < 1.29 is 4.74 Å². The smallest absolute Gasteiger partial charge is 0.0531 e. The van der Waals surface area contributed by atoms with Crippen LogP contribution in [0.1, 0.15) is 39.5 Å². The van der Waals surface area contributed by atoms with E-state index in [9.17, 15) is 0 Å². The Morgan fingerprint density at radius 3 is 2.28 bits per heavy atom. The predicted molar refractivity (Wildman–Crippen MR) is 75.8 cm³/mol. The molecule has 2 rings (SSSR count). The number of rotatable bonds is 7. The summed E-state index contributed by atoms with van der Waals surface area (Å²) in [5, 5.41) is 7.21. The van der Waals surface area contributed by atoms with Gasteiger partial charge in [-0.2, -0.15) is 0 Å². The maximum absolute atomic E-state index is 5.46.